The molecule has 0 aliphatic carbocycles. The van der Waals surface area contributed by atoms with Gasteiger partial charge in [-0.25, -0.2) is 13.2 Å². The summed E-state index contributed by atoms with van der Waals surface area (Å²) in [7, 11) is -3.78. The van der Waals surface area contributed by atoms with Crippen molar-refractivity contribution in [2.75, 3.05) is 10.8 Å². The van der Waals surface area contributed by atoms with E-state index in [1.54, 1.807) is 36.4 Å². The van der Waals surface area contributed by atoms with Gasteiger partial charge >= 0.3 is 5.97 Å². The number of hydrogen-bond acceptors (Lipinski definition) is 4. The average Bonchev–Trinajstić information content (AvgIpc) is 2.74. The lowest BCUT2D eigenvalue weighted by atomic mass is 10.0. The number of carbonyl (C=O) groups is 1. The largest absolute Gasteiger partial charge is 0.423 e. The third-order valence-electron chi connectivity index (χ3n) is 4.68. The summed E-state index contributed by atoms with van der Waals surface area (Å²) in [6, 6.07) is 22.2. The molecule has 0 amide bonds. The molecule has 0 N–H and O–H groups in total. The molecule has 1 aliphatic heterocycles. The van der Waals surface area contributed by atoms with Gasteiger partial charge in [0.25, 0.3) is 10.0 Å². The molecular weight excluding hydrogens is 374 g/mol. The number of hydrogen-bond donors (Lipinski definition) is 0. The maximum Gasteiger partial charge on any atom is 0.343 e. The van der Waals surface area contributed by atoms with Crippen LogP contribution in [0.3, 0.4) is 0 Å². The lowest BCUT2D eigenvalue weighted by Crippen LogP contribution is -2.35. The summed E-state index contributed by atoms with van der Waals surface area (Å²) in [5.41, 5.74) is 1.90. The molecule has 0 aromatic heterocycles. The molecule has 28 heavy (non-hydrogen) atoms. The highest BCUT2D eigenvalue weighted by molar-refractivity contribution is 7.92. The van der Waals surface area contributed by atoms with E-state index in [2.05, 4.69) is 0 Å². The Hall–Kier alpha value is -3.12. The summed E-state index contributed by atoms with van der Waals surface area (Å²) in [6.07, 6.45) is 1.61. The third-order valence-corrected chi connectivity index (χ3v) is 6.49. The molecule has 3 aromatic carbocycles. The first kappa shape index (κ1) is 18.3. The van der Waals surface area contributed by atoms with Crippen molar-refractivity contribution in [3.63, 3.8) is 0 Å². The molecule has 5 nitrogen and oxygen atoms in total. The van der Waals surface area contributed by atoms with E-state index in [1.165, 1.54) is 16.4 Å². The quantitative estimate of drug-likeness (QED) is 0.496. The summed E-state index contributed by atoms with van der Waals surface area (Å²) in [6.45, 7) is 0.415. The fourth-order valence-corrected chi connectivity index (χ4v) is 4.90. The first-order chi connectivity index (χ1) is 13.6. The zero-order valence-corrected chi connectivity index (χ0v) is 15.9. The van der Waals surface area contributed by atoms with E-state index < -0.39 is 16.0 Å². The monoisotopic (exact) mass is 393 g/mol. The van der Waals surface area contributed by atoms with E-state index in [9.17, 15) is 13.2 Å². The minimum absolute atomic E-state index is 0.0757. The molecule has 0 fully saturated rings. The number of ether oxygens (including phenoxy) is 1. The van der Waals surface area contributed by atoms with E-state index in [4.69, 9.17) is 4.74 Å². The van der Waals surface area contributed by atoms with Gasteiger partial charge in [-0.2, -0.15) is 0 Å². The van der Waals surface area contributed by atoms with Gasteiger partial charge in [-0.3, -0.25) is 4.31 Å². The Morgan fingerprint density at radius 2 is 1.64 bits per heavy atom. The first-order valence-electron chi connectivity index (χ1n) is 9.04. The van der Waals surface area contributed by atoms with Crippen LogP contribution in [0.1, 0.15) is 22.3 Å². The van der Waals surface area contributed by atoms with Gasteiger partial charge in [0.2, 0.25) is 0 Å². The predicted octanol–water partition coefficient (Wildman–Crippen LogP) is 4.05. The van der Waals surface area contributed by atoms with Crippen molar-refractivity contribution < 1.29 is 17.9 Å². The van der Waals surface area contributed by atoms with Crippen molar-refractivity contribution in [1.29, 1.82) is 0 Å². The Balaban J connectivity index is 1.65. The van der Waals surface area contributed by atoms with Gasteiger partial charge in [0.15, 0.2) is 0 Å². The van der Waals surface area contributed by atoms with Gasteiger partial charge in [0.05, 0.1) is 16.1 Å². The third kappa shape index (κ3) is 3.51. The molecule has 142 valence electrons. The molecule has 1 heterocycles. The highest BCUT2D eigenvalue weighted by Crippen LogP contribution is 2.32. The highest BCUT2D eigenvalue weighted by atomic mass is 32.2. The molecule has 0 unspecified atom stereocenters. The molecule has 6 heteroatoms. The van der Waals surface area contributed by atoms with Crippen molar-refractivity contribution in [3.8, 4) is 5.75 Å². The Morgan fingerprint density at radius 3 is 2.46 bits per heavy atom. The predicted molar refractivity (Wildman–Crippen MR) is 107 cm³/mol. The van der Waals surface area contributed by atoms with E-state index in [0.717, 1.165) is 18.4 Å². The van der Waals surface area contributed by atoms with Gasteiger partial charge < -0.3 is 4.74 Å². The van der Waals surface area contributed by atoms with Crippen LogP contribution in [0.5, 0.6) is 5.75 Å². The van der Waals surface area contributed by atoms with E-state index >= 15 is 0 Å². The van der Waals surface area contributed by atoms with E-state index in [1.807, 2.05) is 30.3 Å². The number of esters is 1. The van der Waals surface area contributed by atoms with E-state index in [0.29, 0.717) is 18.0 Å². The van der Waals surface area contributed by atoms with Crippen molar-refractivity contribution in [2.45, 2.75) is 17.7 Å². The maximum absolute atomic E-state index is 13.3. The van der Waals surface area contributed by atoms with E-state index in [-0.39, 0.29) is 10.5 Å². The lowest BCUT2D eigenvalue weighted by molar-refractivity contribution is 0.0734. The zero-order chi connectivity index (χ0) is 19.6. The smallest absolute Gasteiger partial charge is 0.343 e. The normalized spacial score (nSPS) is 13.6. The molecule has 0 saturated carbocycles. The zero-order valence-electron chi connectivity index (χ0n) is 15.1. The number of para-hydroxylation sites is 2. The summed E-state index contributed by atoms with van der Waals surface area (Å²) in [5, 5.41) is 0. The molecule has 4 rings (SSSR count). The average molecular weight is 393 g/mol. The number of sulfonamides is 1. The SMILES string of the molecule is O=C(Oc1ccccc1)c1cccc(S(=O)(=O)N2CCCc3ccccc32)c1. The van der Waals surface area contributed by atoms with Crippen molar-refractivity contribution in [3.05, 3.63) is 90.0 Å². The summed E-state index contributed by atoms with van der Waals surface area (Å²) >= 11 is 0. The summed E-state index contributed by atoms with van der Waals surface area (Å²) in [4.78, 5) is 12.5. The van der Waals surface area contributed by atoms with Crippen LogP contribution in [0, 0.1) is 0 Å². The van der Waals surface area contributed by atoms with Crippen LogP contribution < -0.4 is 9.04 Å². The molecule has 0 saturated heterocycles. The van der Waals surface area contributed by atoms with Gasteiger partial charge in [-0.05, 0) is 54.8 Å². The summed E-state index contributed by atoms with van der Waals surface area (Å²) < 4.78 is 33.3. The second kappa shape index (κ2) is 7.48. The Labute approximate surface area is 164 Å². The fourth-order valence-electron chi connectivity index (χ4n) is 3.31. The number of anilines is 1. The molecule has 0 radical (unpaired) electrons. The molecule has 0 atom stereocenters. The standard InChI is InChI=1S/C22H19NO4S/c24-22(27-19-11-2-1-3-12-19)18-9-6-13-20(16-18)28(25,26)23-15-7-10-17-8-4-5-14-21(17)23/h1-6,8-9,11-14,16H,7,10,15H2. The minimum Gasteiger partial charge on any atom is -0.423 e. The van der Waals surface area contributed by atoms with Crippen molar-refractivity contribution >= 4 is 21.7 Å². The van der Waals surface area contributed by atoms with Crippen LogP contribution in [0.25, 0.3) is 0 Å². The van der Waals surface area contributed by atoms with Crippen LogP contribution in [-0.2, 0) is 16.4 Å². The lowest BCUT2D eigenvalue weighted by Gasteiger charge is -2.30. The van der Waals surface area contributed by atoms with Gasteiger partial charge in [-0.15, -0.1) is 0 Å². The fraction of sp³-hybridized carbons (Fsp3) is 0.136. The molecule has 0 bridgehead atoms. The van der Waals surface area contributed by atoms with Crippen LogP contribution in [0.2, 0.25) is 0 Å². The number of nitrogens with zero attached hydrogens (tertiary/aromatic N) is 1. The summed E-state index contributed by atoms with van der Waals surface area (Å²) in [5.74, 6) is -0.187. The molecule has 0 spiro atoms. The Kier molecular flexibility index (Phi) is 4.88. The second-order valence-electron chi connectivity index (χ2n) is 6.54. The molecular formula is C22H19NO4S. The van der Waals surface area contributed by atoms with Crippen LogP contribution in [0.4, 0.5) is 5.69 Å². The number of aryl methyl sites for hydroxylation is 1. The van der Waals surface area contributed by atoms with Gasteiger partial charge in [0.1, 0.15) is 5.75 Å². The van der Waals surface area contributed by atoms with Crippen molar-refractivity contribution in [2.24, 2.45) is 0 Å². The number of benzene rings is 3. The number of fused-ring (bicyclic) bond motifs is 1. The molecule has 3 aromatic rings. The topological polar surface area (TPSA) is 63.7 Å². The Morgan fingerprint density at radius 1 is 0.893 bits per heavy atom. The number of carbonyl (C=O) groups excluding carboxylic acids is 1. The van der Waals surface area contributed by atoms with Crippen LogP contribution >= 0.6 is 0 Å². The number of rotatable bonds is 4. The van der Waals surface area contributed by atoms with Crippen LogP contribution in [-0.4, -0.2) is 20.9 Å². The van der Waals surface area contributed by atoms with Gasteiger partial charge in [-0.1, -0.05) is 42.5 Å². The van der Waals surface area contributed by atoms with Gasteiger partial charge in [0, 0.05) is 6.54 Å². The second-order valence-corrected chi connectivity index (χ2v) is 8.40. The highest BCUT2D eigenvalue weighted by Gasteiger charge is 2.29. The van der Waals surface area contributed by atoms with Crippen molar-refractivity contribution in [1.82, 2.24) is 0 Å². The Bertz CT molecular complexity index is 1110. The minimum atomic E-state index is -3.78. The molecule has 1 aliphatic rings. The first-order valence-corrected chi connectivity index (χ1v) is 10.5. The maximum atomic E-state index is 13.3. The van der Waals surface area contributed by atoms with Crippen LogP contribution in [0.15, 0.2) is 83.8 Å².